The van der Waals surface area contributed by atoms with Crippen molar-refractivity contribution in [1.29, 1.82) is 0 Å². The van der Waals surface area contributed by atoms with E-state index in [9.17, 15) is 4.79 Å². The molecule has 124 valence electrons. The third kappa shape index (κ3) is 3.55. The van der Waals surface area contributed by atoms with Gasteiger partial charge in [0.05, 0.1) is 18.2 Å². The Bertz CT molecular complexity index is 712. The van der Waals surface area contributed by atoms with Crippen LogP contribution in [0.4, 0.5) is 0 Å². The number of nitrogens with zero attached hydrogens (tertiary/aromatic N) is 2. The Morgan fingerprint density at radius 1 is 1.12 bits per heavy atom. The summed E-state index contributed by atoms with van der Waals surface area (Å²) in [6.45, 7) is 0.693. The molecule has 1 aromatic carbocycles. The molecule has 24 heavy (non-hydrogen) atoms. The van der Waals surface area contributed by atoms with Gasteiger partial charge in [-0.15, -0.1) is 0 Å². The summed E-state index contributed by atoms with van der Waals surface area (Å²) >= 11 is 0. The van der Waals surface area contributed by atoms with E-state index in [1.165, 1.54) is 12.8 Å². The first-order valence-electron chi connectivity index (χ1n) is 8.61. The van der Waals surface area contributed by atoms with Gasteiger partial charge < -0.3 is 10.1 Å². The zero-order valence-corrected chi connectivity index (χ0v) is 13.5. The van der Waals surface area contributed by atoms with E-state index < -0.39 is 0 Å². The molecule has 2 fully saturated rings. The zero-order valence-electron chi connectivity index (χ0n) is 13.5. The average molecular weight is 323 g/mol. The summed E-state index contributed by atoms with van der Waals surface area (Å²) in [5.41, 5.74) is 0.583. The van der Waals surface area contributed by atoms with E-state index in [-0.39, 0.29) is 11.9 Å². The van der Waals surface area contributed by atoms with E-state index in [1.807, 2.05) is 24.3 Å². The fraction of sp³-hybridized carbons (Fsp3) is 0.421. The van der Waals surface area contributed by atoms with Crippen molar-refractivity contribution in [3.63, 3.8) is 0 Å². The summed E-state index contributed by atoms with van der Waals surface area (Å²) in [4.78, 5) is 21.4. The highest BCUT2D eigenvalue weighted by molar-refractivity contribution is 5.97. The van der Waals surface area contributed by atoms with Gasteiger partial charge in [-0.2, -0.15) is 0 Å². The Balaban J connectivity index is 1.50. The molecule has 1 unspecified atom stereocenters. The fourth-order valence-corrected chi connectivity index (χ4v) is 2.79. The minimum atomic E-state index is -0.129. The van der Waals surface area contributed by atoms with Crippen molar-refractivity contribution in [3.8, 4) is 5.75 Å². The number of hydrogen-bond donors (Lipinski definition) is 1. The van der Waals surface area contributed by atoms with Crippen molar-refractivity contribution < 1.29 is 9.53 Å². The van der Waals surface area contributed by atoms with Gasteiger partial charge in [0, 0.05) is 12.4 Å². The first kappa shape index (κ1) is 15.1. The lowest BCUT2D eigenvalue weighted by Gasteiger charge is -2.18. The molecule has 2 aliphatic rings. The Labute approximate surface area is 141 Å². The molecule has 0 spiro atoms. The second-order valence-corrected chi connectivity index (χ2v) is 6.65. The fourth-order valence-electron chi connectivity index (χ4n) is 2.79. The minimum absolute atomic E-state index is 0.120. The van der Waals surface area contributed by atoms with E-state index in [2.05, 4.69) is 15.3 Å². The van der Waals surface area contributed by atoms with E-state index in [1.54, 1.807) is 18.5 Å². The molecule has 4 rings (SSSR count). The molecule has 2 saturated carbocycles. The van der Waals surface area contributed by atoms with Crippen molar-refractivity contribution in [3.05, 3.63) is 54.1 Å². The van der Waals surface area contributed by atoms with Crippen LogP contribution in [0, 0.1) is 11.8 Å². The summed E-state index contributed by atoms with van der Waals surface area (Å²) in [6, 6.07) is 9.10. The second-order valence-electron chi connectivity index (χ2n) is 6.65. The molecule has 5 heteroatoms. The third-order valence-electron chi connectivity index (χ3n) is 4.55. The van der Waals surface area contributed by atoms with Crippen molar-refractivity contribution in [1.82, 2.24) is 15.3 Å². The molecule has 1 atom stereocenters. The SMILES string of the molecule is O=C(NC(c1ncccn1)C1CC1)c1ccccc1OCC1CC1. The molecule has 5 nitrogen and oxygen atoms in total. The highest BCUT2D eigenvalue weighted by Crippen LogP contribution is 2.40. The maximum absolute atomic E-state index is 12.8. The quantitative estimate of drug-likeness (QED) is 0.850. The van der Waals surface area contributed by atoms with Gasteiger partial charge in [0.25, 0.3) is 5.91 Å². The van der Waals surface area contributed by atoms with Gasteiger partial charge in [-0.3, -0.25) is 4.79 Å². The Kier molecular flexibility index (Phi) is 4.15. The number of carbonyl (C=O) groups excluding carboxylic acids is 1. The number of rotatable bonds is 7. The lowest BCUT2D eigenvalue weighted by molar-refractivity contribution is 0.0925. The van der Waals surface area contributed by atoms with E-state index in [0.717, 1.165) is 12.8 Å². The molecular formula is C19H21N3O2. The summed E-state index contributed by atoms with van der Waals surface area (Å²) < 4.78 is 5.85. The number of aromatic nitrogens is 2. The van der Waals surface area contributed by atoms with Crippen LogP contribution in [-0.2, 0) is 0 Å². The minimum Gasteiger partial charge on any atom is -0.492 e. The summed E-state index contributed by atoms with van der Waals surface area (Å²) in [5.74, 6) is 2.30. The molecule has 1 amide bonds. The summed E-state index contributed by atoms with van der Waals surface area (Å²) in [7, 11) is 0. The molecule has 0 saturated heterocycles. The molecule has 0 radical (unpaired) electrons. The molecule has 0 bridgehead atoms. The molecule has 1 N–H and O–H groups in total. The number of amides is 1. The summed E-state index contributed by atoms with van der Waals surface area (Å²) in [6.07, 6.45) is 8.09. The van der Waals surface area contributed by atoms with Gasteiger partial charge in [0.2, 0.25) is 0 Å². The van der Waals surface area contributed by atoms with E-state index in [0.29, 0.717) is 35.6 Å². The van der Waals surface area contributed by atoms with Gasteiger partial charge in [-0.25, -0.2) is 9.97 Å². The number of nitrogens with one attached hydrogen (secondary N) is 1. The Morgan fingerprint density at radius 3 is 2.58 bits per heavy atom. The lowest BCUT2D eigenvalue weighted by Crippen LogP contribution is -2.31. The van der Waals surface area contributed by atoms with Crippen LogP contribution in [0.2, 0.25) is 0 Å². The topological polar surface area (TPSA) is 64.1 Å². The monoisotopic (exact) mass is 323 g/mol. The van der Waals surface area contributed by atoms with Crippen LogP contribution in [0.1, 0.15) is 47.9 Å². The smallest absolute Gasteiger partial charge is 0.255 e. The predicted molar refractivity (Wildman–Crippen MR) is 89.6 cm³/mol. The second kappa shape index (κ2) is 6.59. The average Bonchev–Trinajstić information content (AvgIpc) is 3.52. The maximum Gasteiger partial charge on any atom is 0.255 e. The van der Waals surface area contributed by atoms with E-state index in [4.69, 9.17) is 4.74 Å². The standard InChI is InChI=1S/C19H21N3O2/c23-19(15-4-1-2-5-16(15)24-12-13-6-7-13)22-17(14-8-9-14)18-20-10-3-11-21-18/h1-5,10-11,13-14,17H,6-9,12H2,(H,22,23). The van der Waals surface area contributed by atoms with Crippen LogP contribution in [0.25, 0.3) is 0 Å². The van der Waals surface area contributed by atoms with Crippen molar-refractivity contribution in [2.24, 2.45) is 11.8 Å². The number of benzene rings is 1. The van der Waals surface area contributed by atoms with Crippen molar-refractivity contribution in [2.75, 3.05) is 6.61 Å². The Morgan fingerprint density at radius 2 is 1.88 bits per heavy atom. The molecule has 1 heterocycles. The first-order valence-corrected chi connectivity index (χ1v) is 8.61. The van der Waals surface area contributed by atoms with Crippen LogP contribution in [0.15, 0.2) is 42.7 Å². The molecular weight excluding hydrogens is 302 g/mol. The molecule has 2 aliphatic carbocycles. The van der Waals surface area contributed by atoms with Crippen LogP contribution in [0.3, 0.4) is 0 Å². The van der Waals surface area contributed by atoms with Gasteiger partial charge in [0.1, 0.15) is 5.75 Å². The number of ether oxygens (including phenoxy) is 1. The van der Waals surface area contributed by atoms with Crippen molar-refractivity contribution >= 4 is 5.91 Å². The van der Waals surface area contributed by atoms with E-state index >= 15 is 0 Å². The van der Waals surface area contributed by atoms with Crippen LogP contribution < -0.4 is 10.1 Å². The predicted octanol–water partition coefficient (Wildman–Crippen LogP) is 3.15. The number of para-hydroxylation sites is 1. The Hall–Kier alpha value is -2.43. The van der Waals surface area contributed by atoms with Gasteiger partial charge in [-0.05, 0) is 55.7 Å². The van der Waals surface area contributed by atoms with Crippen molar-refractivity contribution in [2.45, 2.75) is 31.7 Å². The molecule has 2 aromatic rings. The molecule has 0 aliphatic heterocycles. The zero-order chi connectivity index (χ0) is 16.4. The third-order valence-corrected chi connectivity index (χ3v) is 4.55. The van der Waals surface area contributed by atoms with Crippen LogP contribution in [-0.4, -0.2) is 22.5 Å². The van der Waals surface area contributed by atoms with Crippen LogP contribution >= 0.6 is 0 Å². The van der Waals surface area contributed by atoms with Gasteiger partial charge in [0.15, 0.2) is 5.82 Å². The first-order chi connectivity index (χ1) is 11.8. The maximum atomic E-state index is 12.8. The number of carbonyl (C=O) groups is 1. The highest BCUT2D eigenvalue weighted by atomic mass is 16.5. The molecule has 1 aromatic heterocycles. The summed E-state index contributed by atoms with van der Waals surface area (Å²) in [5, 5.41) is 3.11. The normalized spacial score (nSPS) is 18.0. The lowest BCUT2D eigenvalue weighted by atomic mass is 10.1. The largest absolute Gasteiger partial charge is 0.492 e. The van der Waals surface area contributed by atoms with Gasteiger partial charge in [-0.1, -0.05) is 12.1 Å². The number of hydrogen-bond acceptors (Lipinski definition) is 4. The van der Waals surface area contributed by atoms with Gasteiger partial charge >= 0.3 is 0 Å². The highest BCUT2D eigenvalue weighted by Gasteiger charge is 2.35. The van der Waals surface area contributed by atoms with Crippen LogP contribution in [0.5, 0.6) is 5.75 Å².